The molecule has 1 heterocycles. The van der Waals surface area contributed by atoms with E-state index in [0.29, 0.717) is 26.9 Å². The van der Waals surface area contributed by atoms with Crippen molar-refractivity contribution >= 4 is 23.2 Å². The molecule has 0 fully saturated rings. The molecule has 0 radical (unpaired) electrons. The number of phenolic OH excluding ortho intramolecular Hbond substituents is 2. The standard InChI is InChI=1S/C18H13Cl2NO2/c19-13-4-3-6-16(23)18(13)17(15-5-1-2-9-21-15)12-8-7-11(22)10-14(12)20/h1-10,17,22-23H. The first-order valence-corrected chi connectivity index (χ1v) is 7.70. The second-order valence-electron chi connectivity index (χ2n) is 5.07. The summed E-state index contributed by atoms with van der Waals surface area (Å²) in [5.74, 6) is -0.308. The molecule has 23 heavy (non-hydrogen) atoms. The summed E-state index contributed by atoms with van der Waals surface area (Å²) in [6.07, 6.45) is 1.67. The van der Waals surface area contributed by atoms with Gasteiger partial charge in [-0.25, -0.2) is 0 Å². The molecule has 0 spiro atoms. The number of halogens is 2. The van der Waals surface area contributed by atoms with Crippen LogP contribution in [0.3, 0.4) is 0 Å². The summed E-state index contributed by atoms with van der Waals surface area (Å²) < 4.78 is 0. The first-order valence-electron chi connectivity index (χ1n) is 6.94. The lowest BCUT2D eigenvalue weighted by Gasteiger charge is -2.21. The Balaban J connectivity index is 2.27. The van der Waals surface area contributed by atoms with Crippen LogP contribution >= 0.6 is 23.2 Å². The molecule has 0 saturated heterocycles. The van der Waals surface area contributed by atoms with Gasteiger partial charge in [-0.2, -0.15) is 0 Å². The van der Waals surface area contributed by atoms with Crippen LogP contribution in [0.1, 0.15) is 22.7 Å². The van der Waals surface area contributed by atoms with Gasteiger partial charge in [-0.1, -0.05) is 41.4 Å². The number of nitrogens with zero attached hydrogens (tertiary/aromatic N) is 1. The molecule has 0 aliphatic heterocycles. The Bertz CT molecular complexity index is 817. The van der Waals surface area contributed by atoms with Crippen LogP contribution in [0.5, 0.6) is 11.5 Å². The molecule has 0 aliphatic rings. The van der Waals surface area contributed by atoms with E-state index in [4.69, 9.17) is 23.2 Å². The quantitative estimate of drug-likeness (QED) is 0.703. The summed E-state index contributed by atoms with van der Waals surface area (Å²) in [6, 6.07) is 15.2. The molecule has 116 valence electrons. The number of phenols is 2. The van der Waals surface area contributed by atoms with Gasteiger partial charge in [-0.15, -0.1) is 0 Å². The smallest absolute Gasteiger partial charge is 0.121 e. The first-order chi connectivity index (χ1) is 11.1. The predicted molar refractivity (Wildman–Crippen MR) is 91.4 cm³/mol. The van der Waals surface area contributed by atoms with Crippen LogP contribution in [0.15, 0.2) is 60.8 Å². The molecule has 0 bridgehead atoms. The van der Waals surface area contributed by atoms with Gasteiger partial charge < -0.3 is 10.2 Å². The second-order valence-corrected chi connectivity index (χ2v) is 5.88. The van der Waals surface area contributed by atoms with E-state index < -0.39 is 5.92 Å². The Kier molecular flexibility index (Phi) is 4.42. The molecule has 3 aromatic rings. The Hall–Kier alpha value is -2.23. The zero-order valence-corrected chi connectivity index (χ0v) is 13.5. The van der Waals surface area contributed by atoms with E-state index in [2.05, 4.69) is 4.98 Å². The average Bonchev–Trinajstić information content (AvgIpc) is 2.53. The Labute approximate surface area is 143 Å². The zero-order chi connectivity index (χ0) is 16.4. The minimum Gasteiger partial charge on any atom is -0.508 e. The maximum absolute atomic E-state index is 10.3. The van der Waals surface area contributed by atoms with E-state index in [9.17, 15) is 10.2 Å². The third-order valence-electron chi connectivity index (χ3n) is 3.60. The number of aromatic nitrogens is 1. The fourth-order valence-electron chi connectivity index (χ4n) is 2.57. The van der Waals surface area contributed by atoms with Crippen LogP contribution in [0, 0.1) is 0 Å². The lowest BCUT2D eigenvalue weighted by atomic mass is 9.87. The monoisotopic (exact) mass is 345 g/mol. The second kappa shape index (κ2) is 6.49. The summed E-state index contributed by atoms with van der Waals surface area (Å²) in [5, 5.41) is 20.7. The van der Waals surface area contributed by atoms with E-state index in [-0.39, 0.29) is 11.5 Å². The van der Waals surface area contributed by atoms with Crippen molar-refractivity contribution in [1.29, 1.82) is 0 Å². The van der Waals surface area contributed by atoms with Crippen molar-refractivity contribution in [3.05, 3.63) is 87.7 Å². The summed E-state index contributed by atoms with van der Waals surface area (Å²) in [7, 11) is 0. The van der Waals surface area contributed by atoms with Gasteiger partial charge in [-0.3, -0.25) is 4.98 Å². The minimum atomic E-state index is -0.446. The van der Waals surface area contributed by atoms with Crippen molar-refractivity contribution < 1.29 is 10.2 Å². The molecule has 5 heteroatoms. The van der Waals surface area contributed by atoms with Crippen molar-refractivity contribution in [3.8, 4) is 11.5 Å². The molecule has 1 unspecified atom stereocenters. The number of rotatable bonds is 3. The molecule has 0 aliphatic carbocycles. The summed E-state index contributed by atoms with van der Waals surface area (Å²) in [6.45, 7) is 0. The topological polar surface area (TPSA) is 53.4 Å². The molecular formula is C18H13Cl2NO2. The van der Waals surface area contributed by atoms with E-state index in [1.54, 1.807) is 36.5 Å². The van der Waals surface area contributed by atoms with Gasteiger partial charge in [0.1, 0.15) is 11.5 Å². The number of hydrogen-bond acceptors (Lipinski definition) is 3. The van der Waals surface area contributed by atoms with Crippen molar-refractivity contribution in [3.63, 3.8) is 0 Å². The van der Waals surface area contributed by atoms with E-state index in [0.717, 1.165) is 0 Å². The van der Waals surface area contributed by atoms with Gasteiger partial charge in [-0.05, 0) is 42.0 Å². The molecule has 3 nitrogen and oxygen atoms in total. The maximum atomic E-state index is 10.3. The van der Waals surface area contributed by atoms with Crippen LogP contribution in [-0.2, 0) is 0 Å². The molecule has 2 N–H and O–H groups in total. The van der Waals surface area contributed by atoms with Gasteiger partial charge >= 0.3 is 0 Å². The number of pyridine rings is 1. The fourth-order valence-corrected chi connectivity index (χ4v) is 3.13. The van der Waals surface area contributed by atoms with E-state index in [1.165, 1.54) is 6.07 Å². The SMILES string of the molecule is Oc1ccc(C(c2ccccn2)c2c(O)cccc2Cl)c(Cl)c1. The average molecular weight is 346 g/mol. The Morgan fingerprint density at radius 1 is 0.870 bits per heavy atom. The third kappa shape index (κ3) is 3.11. The minimum absolute atomic E-state index is 0.0669. The van der Waals surface area contributed by atoms with Crippen LogP contribution in [0.2, 0.25) is 10.0 Å². The lowest BCUT2D eigenvalue weighted by Crippen LogP contribution is -2.07. The van der Waals surface area contributed by atoms with Gasteiger partial charge in [0.2, 0.25) is 0 Å². The maximum Gasteiger partial charge on any atom is 0.121 e. The fraction of sp³-hybridized carbons (Fsp3) is 0.0556. The normalized spacial score (nSPS) is 12.1. The van der Waals surface area contributed by atoms with Crippen molar-refractivity contribution in [2.45, 2.75) is 5.92 Å². The largest absolute Gasteiger partial charge is 0.508 e. The predicted octanol–water partition coefficient (Wildman–Crippen LogP) is 4.98. The van der Waals surface area contributed by atoms with Crippen molar-refractivity contribution in [2.75, 3.05) is 0 Å². The molecule has 1 aromatic heterocycles. The van der Waals surface area contributed by atoms with Gasteiger partial charge in [0, 0.05) is 21.8 Å². The van der Waals surface area contributed by atoms with Crippen LogP contribution < -0.4 is 0 Å². The van der Waals surface area contributed by atoms with E-state index >= 15 is 0 Å². The Morgan fingerprint density at radius 3 is 2.35 bits per heavy atom. The van der Waals surface area contributed by atoms with Crippen LogP contribution in [0.4, 0.5) is 0 Å². The van der Waals surface area contributed by atoms with Gasteiger partial charge in [0.25, 0.3) is 0 Å². The first kappa shape index (κ1) is 15.7. The number of aromatic hydroxyl groups is 2. The number of hydrogen-bond donors (Lipinski definition) is 2. The van der Waals surface area contributed by atoms with Crippen LogP contribution in [0.25, 0.3) is 0 Å². The number of benzene rings is 2. The summed E-state index contributed by atoms with van der Waals surface area (Å²) in [5.41, 5.74) is 1.93. The van der Waals surface area contributed by atoms with Crippen molar-refractivity contribution in [1.82, 2.24) is 4.98 Å². The molecular weight excluding hydrogens is 333 g/mol. The highest BCUT2D eigenvalue weighted by Gasteiger charge is 2.25. The highest BCUT2D eigenvalue weighted by molar-refractivity contribution is 6.32. The molecule has 1 atom stereocenters. The third-order valence-corrected chi connectivity index (χ3v) is 4.25. The molecule has 0 amide bonds. The summed E-state index contributed by atoms with van der Waals surface area (Å²) in [4.78, 5) is 4.39. The lowest BCUT2D eigenvalue weighted by molar-refractivity contribution is 0.466. The van der Waals surface area contributed by atoms with Crippen molar-refractivity contribution in [2.24, 2.45) is 0 Å². The highest BCUT2D eigenvalue weighted by Crippen LogP contribution is 2.42. The Morgan fingerprint density at radius 2 is 1.70 bits per heavy atom. The zero-order valence-electron chi connectivity index (χ0n) is 11.9. The van der Waals surface area contributed by atoms with Gasteiger partial charge in [0.15, 0.2) is 0 Å². The molecule has 0 saturated carbocycles. The van der Waals surface area contributed by atoms with Crippen LogP contribution in [-0.4, -0.2) is 15.2 Å². The highest BCUT2D eigenvalue weighted by atomic mass is 35.5. The van der Waals surface area contributed by atoms with E-state index in [1.807, 2.05) is 18.2 Å². The summed E-state index contributed by atoms with van der Waals surface area (Å²) >= 11 is 12.6. The van der Waals surface area contributed by atoms with Gasteiger partial charge in [0.05, 0.1) is 11.6 Å². The molecule has 3 rings (SSSR count). The molecule has 2 aromatic carbocycles.